The summed E-state index contributed by atoms with van der Waals surface area (Å²) in [4.78, 5) is 39.9. The van der Waals surface area contributed by atoms with Gasteiger partial charge in [-0.05, 0) is 55.7 Å². The van der Waals surface area contributed by atoms with Crippen molar-refractivity contribution in [3.05, 3.63) is 71.1 Å². The number of rotatable bonds is 4. The molecule has 3 N–H and O–H groups in total. The third-order valence-electron chi connectivity index (χ3n) is 6.08. The Morgan fingerprint density at radius 1 is 1.17 bits per heavy atom. The van der Waals surface area contributed by atoms with Crippen LogP contribution in [0.1, 0.15) is 35.3 Å². The molecule has 1 saturated heterocycles. The largest absolute Gasteiger partial charge is 0.369 e. The van der Waals surface area contributed by atoms with E-state index in [0.717, 1.165) is 17.6 Å². The van der Waals surface area contributed by atoms with Gasteiger partial charge in [0.05, 0.1) is 16.2 Å². The van der Waals surface area contributed by atoms with Crippen LogP contribution in [0, 0.1) is 11.8 Å². The smallest absolute Gasteiger partial charge is 0.298 e. The molecule has 0 bridgehead atoms. The van der Waals surface area contributed by atoms with Crippen LogP contribution in [0.3, 0.4) is 0 Å². The molecule has 1 unspecified atom stereocenters. The molecule has 10 heteroatoms. The van der Waals surface area contributed by atoms with Crippen LogP contribution in [0.25, 0.3) is 16.9 Å². The second kappa shape index (κ2) is 9.68. The van der Waals surface area contributed by atoms with Crippen LogP contribution in [0.5, 0.6) is 0 Å². The van der Waals surface area contributed by atoms with Gasteiger partial charge in [0, 0.05) is 42.5 Å². The second-order valence-corrected chi connectivity index (χ2v) is 8.73. The Labute approximate surface area is 212 Å². The molecule has 0 spiro atoms. The van der Waals surface area contributed by atoms with Gasteiger partial charge in [-0.2, -0.15) is 0 Å². The van der Waals surface area contributed by atoms with Crippen molar-refractivity contribution in [2.75, 3.05) is 24.1 Å². The lowest BCUT2D eigenvalue weighted by Crippen LogP contribution is -2.26. The van der Waals surface area contributed by atoms with E-state index in [4.69, 9.17) is 22.3 Å². The van der Waals surface area contributed by atoms with Crippen LogP contribution in [-0.2, 0) is 4.79 Å². The zero-order chi connectivity index (χ0) is 25.2. The number of likely N-dealkylation sites (tertiary alicyclic amines) is 1. The molecule has 1 aromatic carbocycles. The van der Waals surface area contributed by atoms with E-state index >= 15 is 0 Å². The molecule has 1 fully saturated rings. The minimum atomic E-state index is -0.331. The molecule has 2 amide bonds. The highest BCUT2D eigenvalue weighted by atomic mass is 35.5. The molecular weight excluding hydrogens is 478 g/mol. The molecule has 1 aliphatic heterocycles. The number of nitrogen functional groups attached to an aromatic ring is 1. The monoisotopic (exact) mass is 499 g/mol. The van der Waals surface area contributed by atoms with Crippen molar-refractivity contribution in [3.8, 4) is 23.2 Å². The van der Waals surface area contributed by atoms with E-state index in [9.17, 15) is 9.59 Å². The van der Waals surface area contributed by atoms with Crippen molar-refractivity contribution >= 4 is 40.7 Å². The van der Waals surface area contributed by atoms with E-state index in [0.29, 0.717) is 40.9 Å². The first-order valence-corrected chi connectivity index (χ1v) is 11.7. The molecule has 0 saturated carbocycles. The normalized spacial score (nSPS) is 14.9. The van der Waals surface area contributed by atoms with Crippen LogP contribution in [0.15, 0.2) is 54.9 Å². The number of imidazole rings is 1. The van der Waals surface area contributed by atoms with E-state index in [1.54, 1.807) is 65.0 Å². The maximum absolute atomic E-state index is 12.7. The number of benzene rings is 1. The summed E-state index contributed by atoms with van der Waals surface area (Å²) in [7, 11) is 0. The Balaban J connectivity index is 1.50. The van der Waals surface area contributed by atoms with Crippen molar-refractivity contribution in [3.63, 3.8) is 0 Å². The second-order valence-electron chi connectivity index (χ2n) is 8.32. The number of anilines is 2. The van der Waals surface area contributed by atoms with Crippen LogP contribution in [-0.4, -0.2) is 49.2 Å². The molecule has 0 radical (unpaired) electrons. The predicted molar refractivity (Wildman–Crippen MR) is 137 cm³/mol. The van der Waals surface area contributed by atoms with E-state index in [-0.39, 0.29) is 23.7 Å². The fraction of sp³-hybridized carbons (Fsp3) is 0.192. The Hall–Kier alpha value is -4.42. The van der Waals surface area contributed by atoms with Gasteiger partial charge >= 0.3 is 0 Å². The zero-order valence-corrected chi connectivity index (χ0v) is 20.2. The number of hydrogen-bond acceptors (Lipinski definition) is 6. The lowest BCUT2D eigenvalue weighted by atomic mass is 10.0. The first-order valence-electron chi connectivity index (χ1n) is 11.3. The highest BCUT2D eigenvalue weighted by Crippen LogP contribution is 2.36. The summed E-state index contributed by atoms with van der Waals surface area (Å²) in [6.07, 6.45) is 3.99. The summed E-state index contributed by atoms with van der Waals surface area (Å²) >= 11 is 6.65. The molecule has 1 aliphatic rings. The lowest BCUT2D eigenvalue weighted by Gasteiger charge is -2.12. The Morgan fingerprint density at radius 2 is 2.03 bits per heavy atom. The zero-order valence-electron chi connectivity index (χ0n) is 19.4. The topological polar surface area (TPSA) is 119 Å². The number of nitrogens with two attached hydrogens (primary N) is 1. The third kappa shape index (κ3) is 4.34. The van der Waals surface area contributed by atoms with Crippen molar-refractivity contribution in [1.29, 1.82) is 0 Å². The highest BCUT2D eigenvalue weighted by molar-refractivity contribution is 6.33. The molecule has 36 heavy (non-hydrogen) atoms. The third-order valence-corrected chi connectivity index (χ3v) is 6.40. The average molecular weight is 500 g/mol. The number of nitrogens with one attached hydrogen (secondary N) is 1. The lowest BCUT2D eigenvalue weighted by molar-refractivity contribution is -0.124. The number of carbonyl (C=O) groups excluding carboxylic acids is 2. The summed E-state index contributed by atoms with van der Waals surface area (Å²) in [5.41, 5.74) is 8.84. The fourth-order valence-corrected chi connectivity index (χ4v) is 4.65. The van der Waals surface area contributed by atoms with Gasteiger partial charge in [0.25, 0.3) is 11.8 Å². The molecule has 4 heterocycles. The molecule has 3 aromatic heterocycles. The minimum absolute atomic E-state index is 0.0142. The average Bonchev–Trinajstić information content (AvgIpc) is 3.51. The number of fused-ring (bicyclic) bond motifs is 1. The number of hydrogen-bond donors (Lipinski definition) is 2. The first-order chi connectivity index (χ1) is 17.5. The molecule has 0 aliphatic carbocycles. The molecule has 1 atom stereocenters. The van der Waals surface area contributed by atoms with Crippen molar-refractivity contribution in [2.24, 2.45) is 0 Å². The number of amides is 2. The van der Waals surface area contributed by atoms with Gasteiger partial charge < -0.3 is 16.0 Å². The standard InChI is InChI=1S/C26H22ClN7O2/c1-2-5-22(35)33-13-10-17(15-33)23-20-9-12-30-26(28)34(20)24(32-23)18-8-7-16(14-19(18)27)25(36)31-21-6-3-4-11-29-21/h3-4,6-9,11-12,14,17H,10,13,15H2,1H3,(H2,28,30)(H,29,31,36). The molecule has 5 rings (SSSR count). The van der Waals surface area contributed by atoms with Gasteiger partial charge in [-0.15, -0.1) is 0 Å². The number of pyridine rings is 1. The number of aromatic nitrogens is 4. The predicted octanol–water partition coefficient (Wildman–Crippen LogP) is 3.62. The van der Waals surface area contributed by atoms with E-state index in [1.807, 2.05) is 6.07 Å². The molecule has 180 valence electrons. The van der Waals surface area contributed by atoms with E-state index < -0.39 is 0 Å². The Morgan fingerprint density at radius 3 is 2.78 bits per heavy atom. The van der Waals surface area contributed by atoms with Gasteiger partial charge in [0.15, 0.2) is 0 Å². The SMILES string of the molecule is CC#CC(=O)N1CCC(c2nc(-c3ccc(C(=O)Nc4ccccn4)cc3Cl)n3c(N)nccc23)C1. The summed E-state index contributed by atoms with van der Waals surface area (Å²) in [5, 5.41) is 3.09. The van der Waals surface area contributed by atoms with Gasteiger partial charge in [0.1, 0.15) is 11.6 Å². The summed E-state index contributed by atoms with van der Waals surface area (Å²) in [5.74, 6) is 5.98. The molecule has 4 aromatic rings. The van der Waals surface area contributed by atoms with Crippen LogP contribution in [0.2, 0.25) is 5.02 Å². The summed E-state index contributed by atoms with van der Waals surface area (Å²) < 4.78 is 1.75. The van der Waals surface area contributed by atoms with Gasteiger partial charge in [-0.3, -0.25) is 14.0 Å². The fourth-order valence-electron chi connectivity index (χ4n) is 4.38. The van der Waals surface area contributed by atoms with E-state index in [1.165, 1.54) is 0 Å². The number of carbonyl (C=O) groups is 2. The molecular formula is C26H22ClN7O2. The van der Waals surface area contributed by atoms with Crippen LogP contribution < -0.4 is 11.1 Å². The van der Waals surface area contributed by atoms with Gasteiger partial charge in [-0.1, -0.05) is 23.6 Å². The van der Waals surface area contributed by atoms with Crippen molar-refractivity contribution in [1.82, 2.24) is 24.3 Å². The maximum atomic E-state index is 12.7. The summed E-state index contributed by atoms with van der Waals surface area (Å²) in [6, 6.07) is 12.1. The van der Waals surface area contributed by atoms with Crippen molar-refractivity contribution < 1.29 is 9.59 Å². The number of nitrogens with zero attached hydrogens (tertiary/aromatic N) is 5. The Bertz CT molecular complexity index is 1540. The first kappa shape index (κ1) is 23.3. The number of halogens is 1. The highest BCUT2D eigenvalue weighted by Gasteiger charge is 2.31. The van der Waals surface area contributed by atoms with Gasteiger partial charge in [-0.25, -0.2) is 15.0 Å². The molecule has 9 nitrogen and oxygen atoms in total. The van der Waals surface area contributed by atoms with Crippen LogP contribution >= 0.6 is 11.6 Å². The Kier molecular flexibility index (Phi) is 6.27. The van der Waals surface area contributed by atoms with Gasteiger partial charge in [0.2, 0.25) is 5.95 Å². The van der Waals surface area contributed by atoms with Crippen molar-refractivity contribution in [2.45, 2.75) is 19.3 Å². The van der Waals surface area contributed by atoms with E-state index in [2.05, 4.69) is 27.1 Å². The maximum Gasteiger partial charge on any atom is 0.298 e. The van der Waals surface area contributed by atoms with Crippen LogP contribution in [0.4, 0.5) is 11.8 Å². The quantitative estimate of drug-likeness (QED) is 0.414. The summed E-state index contributed by atoms with van der Waals surface area (Å²) in [6.45, 7) is 2.77. The minimum Gasteiger partial charge on any atom is -0.369 e.